The van der Waals surface area contributed by atoms with Crippen molar-refractivity contribution in [2.75, 3.05) is 5.32 Å². The van der Waals surface area contributed by atoms with Crippen molar-refractivity contribution in [2.24, 2.45) is 0 Å². The normalized spacial score (nSPS) is 11.0. The number of hydrogen-bond acceptors (Lipinski definition) is 6. The zero-order valence-electron chi connectivity index (χ0n) is 10.1. The summed E-state index contributed by atoms with van der Waals surface area (Å²) in [6.45, 7) is 0. The van der Waals surface area contributed by atoms with E-state index in [0.717, 1.165) is 0 Å². The van der Waals surface area contributed by atoms with Crippen LogP contribution in [0.3, 0.4) is 0 Å². The van der Waals surface area contributed by atoms with E-state index in [1.54, 1.807) is 6.07 Å². The minimum Gasteiger partial charge on any atom is -0.478 e. The third-order valence-corrected chi connectivity index (χ3v) is 3.36. The van der Waals surface area contributed by atoms with E-state index in [2.05, 4.69) is 41.9 Å². The van der Waals surface area contributed by atoms with E-state index in [9.17, 15) is 9.90 Å². The molecule has 0 bridgehead atoms. The van der Waals surface area contributed by atoms with Crippen LogP contribution in [0.5, 0.6) is 0 Å². The SMILES string of the molecule is N#CC(=CNc1c(Br)ccc(Cl)c1C(=O)O)c1nn[nH]n1. The number of nitrogens with zero attached hydrogens (tertiary/aromatic N) is 4. The van der Waals surface area contributed by atoms with Crippen molar-refractivity contribution in [2.45, 2.75) is 0 Å². The predicted octanol–water partition coefficient (Wildman–Crippen LogP) is 2.29. The lowest BCUT2D eigenvalue weighted by Crippen LogP contribution is -2.04. The second-order valence-corrected chi connectivity index (χ2v) is 4.90. The maximum Gasteiger partial charge on any atom is 0.339 e. The summed E-state index contributed by atoms with van der Waals surface area (Å²) >= 11 is 9.10. The van der Waals surface area contributed by atoms with Gasteiger partial charge in [-0.2, -0.15) is 10.5 Å². The van der Waals surface area contributed by atoms with E-state index in [1.807, 2.05) is 6.07 Å². The zero-order valence-corrected chi connectivity index (χ0v) is 12.5. The molecule has 0 fully saturated rings. The van der Waals surface area contributed by atoms with E-state index in [-0.39, 0.29) is 27.7 Å². The summed E-state index contributed by atoms with van der Waals surface area (Å²) in [4.78, 5) is 11.3. The first-order valence-electron chi connectivity index (χ1n) is 5.36. The van der Waals surface area contributed by atoms with Gasteiger partial charge in [-0.25, -0.2) is 4.79 Å². The lowest BCUT2D eigenvalue weighted by atomic mass is 10.1. The van der Waals surface area contributed by atoms with Crippen molar-refractivity contribution >= 4 is 44.8 Å². The molecule has 0 aliphatic carbocycles. The Hall–Kier alpha value is -2.44. The molecular formula is C11H6BrClN6O2. The highest BCUT2D eigenvalue weighted by Gasteiger charge is 2.17. The van der Waals surface area contributed by atoms with Crippen molar-refractivity contribution in [3.63, 3.8) is 0 Å². The van der Waals surface area contributed by atoms with Crippen LogP contribution >= 0.6 is 27.5 Å². The Bertz CT molecular complexity index is 753. The second-order valence-electron chi connectivity index (χ2n) is 3.63. The molecule has 106 valence electrons. The van der Waals surface area contributed by atoms with Crippen LogP contribution < -0.4 is 5.32 Å². The van der Waals surface area contributed by atoms with Gasteiger partial charge in [0.05, 0.1) is 10.7 Å². The van der Waals surface area contributed by atoms with Gasteiger partial charge in [-0.1, -0.05) is 11.6 Å². The minimum atomic E-state index is -1.20. The molecule has 3 N–H and O–H groups in total. The molecule has 10 heteroatoms. The summed E-state index contributed by atoms with van der Waals surface area (Å²) < 4.78 is 0.478. The molecule has 0 atom stereocenters. The standard InChI is InChI=1S/C11H6BrClN6O2/c12-6-1-2-7(13)8(11(20)21)9(6)15-4-5(3-14)10-16-18-19-17-10/h1-2,4,15H,(H,20,21)(H,16,17,18,19). The average Bonchev–Trinajstić information content (AvgIpc) is 2.96. The topological polar surface area (TPSA) is 128 Å². The molecule has 1 heterocycles. The summed E-state index contributed by atoms with van der Waals surface area (Å²) in [5.41, 5.74) is 0.172. The molecule has 0 saturated carbocycles. The number of aromatic carboxylic acids is 1. The summed E-state index contributed by atoms with van der Waals surface area (Å²) in [7, 11) is 0. The fourth-order valence-electron chi connectivity index (χ4n) is 1.47. The van der Waals surface area contributed by atoms with Crippen molar-refractivity contribution < 1.29 is 9.90 Å². The molecule has 0 unspecified atom stereocenters. The fourth-order valence-corrected chi connectivity index (χ4v) is 2.15. The third kappa shape index (κ3) is 3.18. The summed E-state index contributed by atoms with van der Waals surface area (Å²) in [6, 6.07) is 4.92. The number of H-pyrrole nitrogens is 1. The van der Waals surface area contributed by atoms with Crippen molar-refractivity contribution in [1.82, 2.24) is 20.6 Å². The fraction of sp³-hybridized carbons (Fsp3) is 0. The lowest BCUT2D eigenvalue weighted by Gasteiger charge is -2.10. The van der Waals surface area contributed by atoms with E-state index in [1.165, 1.54) is 12.3 Å². The Kier molecular flexibility index (Phi) is 4.52. The number of aromatic nitrogens is 4. The molecule has 0 radical (unpaired) electrons. The number of aromatic amines is 1. The number of halogens is 2. The third-order valence-electron chi connectivity index (χ3n) is 2.39. The van der Waals surface area contributed by atoms with Gasteiger partial charge in [0.25, 0.3) is 0 Å². The van der Waals surface area contributed by atoms with Crippen LogP contribution in [-0.2, 0) is 0 Å². The summed E-state index contributed by atoms with van der Waals surface area (Å²) in [5.74, 6) is -1.12. The van der Waals surface area contributed by atoms with Gasteiger partial charge in [0.2, 0.25) is 5.82 Å². The molecule has 0 aliphatic rings. The van der Waals surface area contributed by atoms with Gasteiger partial charge in [-0.3, -0.25) is 0 Å². The molecule has 0 spiro atoms. The van der Waals surface area contributed by atoms with Crippen LogP contribution in [0.25, 0.3) is 5.57 Å². The lowest BCUT2D eigenvalue weighted by molar-refractivity contribution is 0.0698. The molecule has 0 saturated heterocycles. The number of benzene rings is 1. The summed E-state index contributed by atoms with van der Waals surface area (Å²) in [6.07, 6.45) is 1.27. The molecule has 2 aromatic rings. The van der Waals surface area contributed by atoms with Gasteiger partial charge < -0.3 is 10.4 Å². The van der Waals surface area contributed by atoms with Crippen LogP contribution in [-0.4, -0.2) is 31.7 Å². The quantitative estimate of drug-likeness (QED) is 0.705. The Morgan fingerprint density at radius 2 is 2.33 bits per heavy atom. The predicted molar refractivity (Wildman–Crippen MR) is 77.5 cm³/mol. The summed E-state index contributed by atoms with van der Waals surface area (Å²) in [5, 5.41) is 33.9. The number of hydrogen-bond donors (Lipinski definition) is 3. The van der Waals surface area contributed by atoms with Gasteiger partial charge in [-0.05, 0) is 33.3 Å². The highest BCUT2D eigenvalue weighted by molar-refractivity contribution is 9.10. The Morgan fingerprint density at radius 1 is 1.57 bits per heavy atom. The van der Waals surface area contributed by atoms with Crippen LogP contribution in [0.15, 0.2) is 22.8 Å². The van der Waals surface area contributed by atoms with Crippen molar-refractivity contribution in [1.29, 1.82) is 5.26 Å². The minimum absolute atomic E-state index is 0.0691. The highest BCUT2D eigenvalue weighted by atomic mass is 79.9. The molecule has 21 heavy (non-hydrogen) atoms. The van der Waals surface area contributed by atoms with Crippen LogP contribution in [0, 0.1) is 11.3 Å². The first-order chi connectivity index (χ1) is 10.0. The number of tetrazole rings is 1. The maximum atomic E-state index is 11.3. The van der Waals surface area contributed by atoms with Crippen molar-refractivity contribution in [3.05, 3.63) is 39.2 Å². The van der Waals surface area contributed by atoms with Crippen LogP contribution in [0.1, 0.15) is 16.2 Å². The Morgan fingerprint density at radius 3 is 2.90 bits per heavy atom. The number of carboxylic acids is 1. The number of nitriles is 1. The Balaban J connectivity index is 2.43. The van der Waals surface area contributed by atoms with Gasteiger partial charge in [0.1, 0.15) is 17.2 Å². The molecule has 8 nitrogen and oxygen atoms in total. The van der Waals surface area contributed by atoms with Crippen LogP contribution in [0.2, 0.25) is 5.02 Å². The van der Waals surface area contributed by atoms with Crippen molar-refractivity contribution in [3.8, 4) is 6.07 Å². The number of anilines is 1. The number of rotatable bonds is 4. The molecule has 1 aromatic heterocycles. The van der Waals surface area contributed by atoms with E-state index < -0.39 is 5.97 Å². The molecule has 0 aliphatic heterocycles. The number of carboxylic acid groups (broad SMARTS) is 1. The maximum absolute atomic E-state index is 11.3. The molecular weight excluding hydrogens is 364 g/mol. The van der Waals surface area contributed by atoms with E-state index >= 15 is 0 Å². The number of carbonyl (C=O) groups is 1. The monoisotopic (exact) mass is 368 g/mol. The highest BCUT2D eigenvalue weighted by Crippen LogP contribution is 2.32. The van der Waals surface area contributed by atoms with E-state index in [4.69, 9.17) is 16.9 Å². The number of allylic oxidation sites excluding steroid dienone is 1. The first-order valence-corrected chi connectivity index (χ1v) is 6.53. The van der Waals surface area contributed by atoms with E-state index in [0.29, 0.717) is 4.47 Å². The second kappa shape index (κ2) is 6.34. The van der Waals surface area contributed by atoms with Gasteiger partial charge in [-0.15, -0.1) is 10.2 Å². The van der Waals surface area contributed by atoms with Gasteiger partial charge >= 0.3 is 5.97 Å². The molecule has 1 aromatic carbocycles. The molecule has 0 amide bonds. The zero-order chi connectivity index (χ0) is 15.4. The average molecular weight is 370 g/mol. The van der Waals surface area contributed by atoms with Crippen LogP contribution in [0.4, 0.5) is 5.69 Å². The van der Waals surface area contributed by atoms with Gasteiger partial charge in [0, 0.05) is 10.7 Å². The Labute approximate surface area is 131 Å². The number of nitrogens with one attached hydrogen (secondary N) is 2. The van der Waals surface area contributed by atoms with Gasteiger partial charge in [0.15, 0.2) is 0 Å². The first kappa shape index (κ1) is 15.0. The smallest absolute Gasteiger partial charge is 0.339 e. The molecule has 2 rings (SSSR count). The largest absolute Gasteiger partial charge is 0.478 e.